The van der Waals surface area contributed by atoms with Gasteiger partial charge < -0.3 is 76.3 Å². The van der Waals surface area contributed by atoms with Crippen molar-refractivity contribution < 1.29 is 95.4 Å². The number of nitrogens with zero attached hydrogens (tertiary/aromatic N) is 4. The summed E-state index contributed by atoms with van der Waals surface area (Å²) in [6.45, 7) is -0.895. The van der Waals surface area contributed by atoms with Crippen LogP contribution in [0.4, 0.5) is 0 Å². The molecule has 20 nitrogen and oxygen atoms in total. The number of epoxide rings is 4. The van der Waals surface area contributed by atoms with Crippen LogP contribution in [0.25, 0.3) is 0 Å². The van der Waals surface area contributed by atoms with E-state index in [9.17, 15) is 39.6 Å². The molecule has 0 spiro atoms. The molecule has 0 amide bonds. The number of carbonyl (C=O) groups is 4. The van der Waals surface area contributed by atoms with Crippen molar-refractivity contribution in [3.63, 3.8) is 0 Å². The van der Waals surface area contributed by atoms with Gasteiger partial charge in [0.15, 0.2) is 0 Å². The molecular weight excluding hydrogens is 1180 g/mol. The number of hydrogen-bond donors (Lipinski definition) is 4. The van der Waals surface area contributed by atoms with Crippen molar-refractivity contribution in [3.8, 4) is 0 Å². The standard InChI is InChI=1S/4C18H24NO4/c4*1-19(2)14-8-12(9-15(19)17-16(14)23-17)22-18(21)13(10-20)11-6-4-3-5-7-11/h4*3-7,12-17,20H,8-10H2,1-2H3/q4*+1/t4*12?,13-,14-,15+,16-,17+/m1111/s1. The van der Waals surface area contributed by atoms with E-state index in [0.717, 1.165) is 91.6 Å². The van der Waals surface area contributed by atoms with Crippen LogP contribution < -0.4 is 0 Å². The largest absolute Gasteiger partial charge is 0.461 e. The Morgan fingerprint density at radius 3 is 0.609 bits per heavy atom. The normalized spacial score (nSPS) is 37.8. The predicted molar refractivity (Wildman–Crippen MR) is 335 cm³/mol. The van der Waals surface area contributed by atoms with Crippen molar-refractivity contribution in [3.05, 3.63) is 144 Å². The van der Waals surface area contributed by atoms with Crippen LogP contribution in [0.2, 0.25) is 0 Å². The van der Waals surface area contributed by atoms with E-state index in [0.29, 0.717) is 97.2 Å². The molecule has 4 aromatic carbocycles. The number of carbonyl (C=O) groups excluding carboxylic acids is 4. The Morgan fingerprint density at radius 2 is 0.467 bits per heavy atom. The highest BCUT2D eigenvalue weighted by atomic mass is 16.6. The van der Waals surface area contributed by atoms with Crippen molar-refractivity contribution in [2.75, 3.05) is 82.8 Å². The lowest BCUT2D eigenvalue weighted by molar-refractivity contribution is -0.938. The summed E-state index contributed by atoms with van der Waals surface area (Å²) in [5, 5.41) is 38.4. The molecular formula is C72H96N4O16+4. The van der Waals surface area contributed by atoms with Crippen molar-refractivity contribution >= 4 is 23.9 Å². The lowest BCUT2D eigenvalue weighted by atomic mass is 9.95. The molecule has 4 N–H and O–H groups in total. The number of ether oxygens (including phenoxy) is 8. The monoisotopic (exact) mass is 1270 g/mol. The highest BCUT2D eigenvalue weighted by Crippen LogP contribution is 2.55. The van der Waals surface area contributed by atoms with E-state index in [1.54, 1.807) is 0 Å². The Kier molecular flexibility index (Phi) is 18.0. The summed E-state index contributed by atoms with van der Waals surface area (Å²) in [5.74, 6) is -3.63. The molecule has 92 heavy (non-hydrogen) atoms. The summed E-state index contributed by atoms with van der Waals surface area (Å²) in [7, 11) is 18.0. The van der Waals surface area contributed by atoms with Crippen LogP contribution in [0, 0.1) is 0 Å². The van der Waals surface area contributed by atoms with Gasteiger partial charge in [-0.15, -0.1) is 0 Å². The topological polar surface area (TPSA) is 236 Å². The van der Waals surface area contributed by atoms with E-state index in [-0.39, 0.29) is 74.7 Å². The lowest BCUT2D eigenvalue weighted by Crippen LogP contribution is -2.60. The number of quaternary nitrogens is 4. The number of esters is 4. The van der Waals surface area contributed by atoms with Crippen molar-refractivity contribution in [1.29, 1.82) is 0 Å². The zero-order valence-electron chi connectivity index (χ0n) is 54.4. The van der Waals surface area contributed by atoms with Gasteiger partial charge in [-0.2, -0.15) is 0 Å². The highest BCUT2D eigenvalue weighted by molar-refractivity contribution is 5.80. The first-order chi connectivity index (χ1) is 44.1. The fourth-order valence-electron chi connectivity index (χ4n) is 18.2. The minimum Gasteiger partial charge on any atom is -0.461 e. The molecule has 4 aromatic rings. The van der Waals surface area contributed by atoms with E-state index in [1.807, 2.05) is 121 Å². The van der Waals surface area contributed by atoms with E-state index in [4.69, 9.17) is 37.9 Å². The molecule has 0 saturated carbocycles. The number of aliphatic hydroxyl groups is 4. The first-order valence-electron chi connectivity index (χ1n) is 33.5. The molecule has 4 unspecified atom stereocenters. The number of rotatable bonds is 16. The molecule has 20 heteroatoms. The number of likely N-dealkylation sites (N-methyl/N-ethyl adjacent to an activating group) is 4. The number of morpholine rings is 4. The van der Waals surface area contributed by atoms with E-state index < -0.39 is 23.7 Å². The van der Waals surface area contributed by atoms with Crippen molar-refractivity contribution in [2.45, 2.75) is 197 Å². The van der Waals surface area contributed by atoms with Gasteiger partial charge >= 0.3 is 23.9 Å². The maximum absolute atomic E-state index is 12.5. The van der Waals surface area contributed by atoms with Crippen LogP contribution in [0.5, 0.6) is 0 Å². The molecule has 0 aliphatic carbocycles. The third-order valence-corrected chi connectivity index (χ3v) is 24.0. The summed E-state index contributed by atoms with van der Waals surface area (Å²) in [6, 6.07) is 40.8. The molecule has 16 rings (SSSR count). The number of hydrogen-bond acceptors (Lipinski definition) is 16. The van der Waals surface area contributed by atoms with Crippen molar-refractivity contribution in [1.82, 2.24) is 0 Å². The van der Waals surface area contributed by atoms with Gasteiger partial charge in [0.25, 0.3) is 0 Å². The van der Waals surface area contributed by atoms with Gasteiger partial charge in [0.2, 0.25) is 0 Å². The van der Waals surface area contributed by atoms with E-state index in [2.05, 4.69) is 56.4 Å². The van der Waals surface area contributed by atoms with Crippen LogP contribution in [0.15, 0.2) is 121 Å². The second kappa shape index (κ2) is 25.4. The SMILES string of the molecule is C[N+]1(C)[C@@H]2CC(OC(=O)[C@H](CO)c3ccccc3)C[C@H]1[C@@H]1O[C@@H]12.C[N+]1(C)[C@@H]2CC(OC(=O)[C@H](CO)c3ccccc3)C[C@H]1[C@@H]1O[C@@H]12.C[N+]1(C)[C@@H]2CC(OC(=O)[C@H](CO)c3ccccc3)C[C@H]1[C@@H]1O[C@@H]12.C[N+]1(C)[C@@H]2CC(OC(=O)[C@H](CO)c3ccccc3)C[C@H]1[C@@H]1O[C@@H]12. The maximum Gasteiger partial charge on any atom is 0.316 e. The Balaban J connectivity index is 0.000000112. The maximum atomic E-state index is 12.5. The Morgan fingerprint density at radius 1 is 0.315 bits per heavy atom. The van der Waals surface area contributed by atoms with Crippen LogP contribution >= 0.6 is 0 Å². The fourth-order valence-corrected chi connectivity index (χ4v) is 18.2. The molecule has 0 radical (unpaired) electrons. The molecule has 0 aromatic heterocycles. The van der Waals surface area contributed by atoms with Gasteiger partial charge in [-0.25, -0.2) is 0 Å². The summed E-state index contributed by atoms with van der Waals surface area (Å²) in [6.07, 6.45) is 9.36. The quantitative estimate of drug-likeness (QED) is 0.0531. The zero-order chi connectivity index (χ0) is 64.8. The lowest BCUT2D eigenvalue weighted by Gasteiger charge is -2.45. The van der Waals surface area contributed by atoms with Gasteiger partial charge in [-0.1, -0.05) is 121 Å². The Hall–Kier alpha value is -5.72. The molecule has 12 aliphatic rings. The minimum atomic E-state index is -0.593. The molecule has 12 saturated heterocycles. The smallest absolute Gasteiger partial charge is 0.316 e. The second-order valence-electron chi connectivity index (χ2n) is 30.0. The molecule has 12 aliphatic heterocycles. The zero-order valence-corrected chi connectivity index (χ0v) is 54.4. The molecule has 24 atom stereocenters. The highest BCUT2D eigenvalue weighted by Gasteiger charge is 2.74. The Bertz CT molecular complexity index is 2760. The predicted octanol–water partition coefficient (Wildman–Crippen LogP) is 4.25. The number of piperidine rings is 4. The minimum absolute atomic E-state index is 0.0576. The third kappa shape index (κ3) is 12.3. The van der Waals surface area contributed by atoms with E-state index in [1.165, 1.54) is 0 Å². The van der Waals surface area contributed by atoms with Gasteiger partial charge in [0, 0.05) is 51.4 Å². The van der Waals surface area contributed by atoms with Gasteiger partial charge in [0.1, 0.15) is 145 Å². The van der Waals surface area contributed by atoms with Gasteiger partial charge in [-0.05, 0) is 22.3 Å². The average Bonchev–Trinajstić information content (AvgIpc) is 1.57. The Labute approximate surface area is 540 Å². The summed E-state index contributed by atoms with van der Waals surface area (Å²) in [5.41, 5.74) is 3.23. The number of aliphatic hydroxyl groups excluding tert-OH is 4. The molecule has 8 bridgehead atoms. The molecule has 12 fully saturated rings. The van der Waals surface area contributed by atoms with Crippen LogP contribution in [-0.4, -0.2) is 267 Å². The molecule has 496 valence electrons. The fraction of sp³-hybridized carbons (Fsp3) is 0.611. The number of benzene rings is 4. The summed E-state index contributed by atoms with van der Waals surface area (Å²) < 4.78 is 50.0. The third-order valence-electron chi connectivity index (χ3n) is 24.0. The second-order valence-corrected chi connectivity index (χ2v) is 30.0. The van der Waals surface area contributed by atoms with Crippen LogP contribution in [0.1, 0.15) is 97.3 Å². The first-order valence-corrected chi connectivity index (χ1v) is 33.5. The van der Waals surface area contributed by atoms with Gasteiger partial charge in [-0.3, -0.25) is 19.2 Å². The molecule has 12 heterocycles. The summed E-state index contributed by atoms with van der Waals surface area (Å²) in [4.78, 5) is 50.0. The van der Waals surface area contributed by atoms with E-state index >= 15 is 0 Å². The van der Waals surface area contributed by atoms with Gasteiger partial charge in [0.05, 0.1) is 82.8 Å². The van der Waals surface area contributed by atoms with Crippen LogP contribution in [0.3, 0.4) is 0 Å². The van der Waals surface area contributed by atoms with Crippen molar-refractivity contribution in [2.24, 2.45) is 0 Å². The average molecular weight is 1270 g/mol. The number of fused-ring (bicyclic) bond motifs is 20. The van der Waals surface area contributed by atoms with Crippen LogP contribution in [-0.2, 0) is 57.1 Å². The summed E-state index contributed by atoms with van der Waals surface area (Å²) >= 11 is 0. The first kappa shape index (κ1) is 65.0.